The Kier molecular flexibility index (Phi) is 4.87. The zero-order chi connectivity index (χ0) is 20.1. The van der Waals surface area contributed by atoms with Crippen molar-refractivity contribution in [1.29, 1.82) is 0 Å². The van der Waals surface area contributed by atoms with Crippen LogP contribution in [0.4, 0.5) is 5.82 Å². The van der Waals surface area contributed by atoms with E-state index >= 15 is 0 Å². The number of pyridine rings is 1. The lowest BCUT2D eigenvalue weighted by Gasteiger charge is -2.24. The smallest absolute Gasteiger partial charge is 0.155 e. The summed E-state index contributed by atoms with van der Waals surface area (Å²) in [6.45, 7) is 1.89. The van der Waals surface area contributed by atoms with Gasteiger partial charge >= 0.3 is 0 Å². The van der Waals surface area contributed by atoms with Crippen molar-refractivity contribution in [3.8, 4) is 0 Å². The summed E-state index contributed by atoms with van der Waals surface area (Å²) in [6.07, 6.45) is 5.45. The monoisotopic (exact) mass is 402 g/mol. The van der Waals surface area contributed by atoms with Gasteiger partial charge in [0.15, 0.2) is 6.29 Å². The van der Waals surface area contributed by atoms with Crippen LogP contribution < -0.4 is 5.73 Å². The highest BCUT2D eigenvalue weighted by molar-refractivity contribution is 7.85. The lowest BCUT2D eigenvalue weighted by Crippen LogP contribution is -2.33. The number of carbonyl (C=O) groups excluding carboxylic acids is 1. The lowest BCUT2D eigenvalue weighted by atomic mass is 9.93. The number of anilines is 1. The van der Waals surface area contributed by atoms with E-state index in [-0.39, 0.29) is 11.7 Å². The number of carbonyl (C=O) groups is 1. The van der Waals surface area contributed by atoms with Crippen LogP contribution >= 0.6 is 0 Å². The van der Waals surface area contributed by atoms with Gasteiger partial charge in [0.2, 0.25) is 0 Å². The SMILES string of the molecule is Cc1ccc(S(=O)CC2(O)CC3CC(c4nn(C)c(N)c4C=O)CC3C2)cn1. The average Bonchev–Trinajstić information content (AvgIpc) is 3.25. The molecule has 0 aromatic carbocycles. The maximum atomic E-state index is 12.7. The normalized spacial score (nSPS) is 30.3. The number of fused-ring (bicyclic) bond motifs is 1. The third-order valence-corrected chi connectivity index (χ3v) is 7.90. The maximum Gasteiger partial charge on any atom is 0.155 e. The fourth-order valence-electron chi connectivity index (χ4n) is 5.03. The van der Waals surface area contributed by atoms with Crippen LogP contribution in [0.5, 0.6) is 0 Å². The Morgan fingerprint density at radius 2 is 2.04 bits per heavy atom. The summed E-state index contributed by atoms with van der Waals surface area (Å²) in [5.41, 5.74) is 7.20. The zero-order valence-corrected chi connectivity index (χ0v) is 17.0. The minimum Gasteiger partial charge on any atom is -0.389 e. The molecular weight excluding hydrogens is 376 g/mol. The molecule has 2 aromatic rings. The van der Waals surface area contributed by atoms with Gasteiger partial charge in [-0.3, -0.25) is 18.7 Å². The van der Waals surface area contributed by atoms with E-state index in [2.05, 4.69) is 10.1 Å². The van der Waals surface area contributed by atoms with Gasteiger partial charge in [0.05, 0.1) is 38.3 Å². The number of nitrogen functional groups attached to an aromatic ring is 1. The summed E-state index contributed by atoms with van der Waals surface area (Å²) in [4.78, 5) is 16.3. The molecule has 150 valence electrons. The zero-order valence-electron chi connectivity index (χ0n) is 16.2. The summed E-state index contributed by atoms with van der Waals surface area (Å²) >= 11 is 0. The number of hydrogen-bond donors (Lipinski definition) is 2. The summed E-state index contributed by atoms with van der Waals surface area (Å²) in [6, 6.07) is 3.66. The predicted molar refractivity (Wildman–Crippen MR) is 106 cm³/mol. The van der Waals surface area contributed by atoms with Crippen molar-refractivity contribution in [2.24, 2.45) is 18.9 Å². The van der Waals surface area contributed by atoms with Crippen LogP contribution in [0.25, 0.3) is 0 Å². The Balaban J connectivity index is 1.43. The lowest BCUT2D eigenvalue weighted by molar-refractivity contribution is 0.0620. The first kappa shape index (κ1) is 19.3. The molecule has 3 N–H and O–H groups in total. The number of nitrogens with two attached hydrogens (primary N) is 1. The van der Waals surface area contributed by atoms with E-state index in [1.54, 1.807) is 17.9 Å². The Labute approximate surface area is 166 Å². The van der Waals surface area contributed by atoms with Gasteiger partial charge in [-0.05, 0) is 56.6 Å². The molecule has 28 heavy (non-hydrogen) atoms. The van der Waals surface area contributed by atoms with Crippen molar-refractivity contribution in [3.63, 3.8) is 0 Å². The second kappa shape index (κ2) is 7.08. The Hall–Kier alpha value is -2.06. The van der Waals surface area contributed by atoms with E-state index in [9.17, 15) is 14.1 Å². The maximum absolute atomic E-state index is 12.7. The molecule has 3 unspecified atom stereocenters. The van der Waals surface area contributed by atoms with Crippen molar-refractivity contribution < 1.29 is 14.1 Å². The topological polar surface area (TPSA) is 111 Å². The second-order valence-corrected chi connectivity index (χ2v) is 9.82. The summed E-state index contributed by atoms with van der Waals surface area (Å²) in [5, 5.41) is 15.5. The first-order chi connectivity index (χ1) is 13.3. The van der Waals surface area contributed by atoms with Gasteiger partial charge < -0.3 is 10.8 Å². The van der Waals surface area contributed by atoms with E-state index in [4.69, 9.17) is 5.73 Å². The predicted octanol–water partition coefficient (Wildman–Crippen LogP) is 1.96. The number of nitrogens with zero attached hydrogens (tertiary/aromatic N) is 3. The first-order valence-corrected chi connectivity index (χ1v) is 10.9. The molecule has 0 bridgehead atoms. The number of hydrogen-bond acceptors (Lipinski definition) is 6. The summed E-state index contributed by atoms with van der Waals surface area (Å²) < 4.78 is 14.2. The first-order valence-electron chi connectivity index (χ1n) is 9.60. The molecule has 2 saturated carbocycles. The molecule has 2 aliphatic rings. The molecule has 4 rings (SSSR count). The molecule has 2 aliphatic carbocycles. The quantitative estimate of drug-likeness (QED) is 0.740. The van der Waals surface area contributed by atoms with Crippen molar-refractivity contribution in [2.45, 2.75) is 49.0 Å². The summed E-state index contributed by atoms with van der Waals surface area (Å²) in [5.74, 6) is 1.54. The molecule has 0 spiro atoms. The number of rotatable bonds is 5. The van der Waals surface area contributed by atoms with E-state index in [1.165, 1.54) is 0 Å². The molecule has 0 saturated heterocycles. The van der Waals surface area contributed by atoms with Gasteiger partial charge in [-0.25, -0.2) is 0 Å². The van der Waals surface area contributed by atoms with Crippen LogP contribution in [0.2, 0.25) is 0 Å². The van der Waals surface area contributed by atoms with Crippen molar-refractivity contribution >= 4 is 22.9 Å². The van der Waals surface area contributed by atoms with Gasteiger partial charge in [-0.15, -0.1) is 0 Å². The molecule has 2 heterocycles. The van der Waals surface area contributed by atoms with E-state index in [0.717, 1.165) is 30.5 Å². The molecule has 2 fully saturated rings. The van der Waals surface area contributed by atoms with Gasteiger partial charge in [0.25, 0.3) is 0 Å². The third kappa shape index (κ3) is 3.39. The number of aliphatic hydroxyl groups is 1. The highest BCUT2D eigenvalue weighted by Gasteiger charge is 2.50. The Morgan fingerprint density at radius 1 is 1.36 bits per heavy atom. The fourth-order valence-corrected chi connectivity index (χ4v) is 6.31. The van der Waals surface area contributed by atoms with Gasteiger partial charge in [0.1, 0.15) is 5.82 Å². The van der Waals surface area contributed by atoms with Crippen LogP contribution in [-0.4, -0.2) is 41.7 Å². The highest BCUT2D eigenvalue weighted by Crippen LogP contribution is 2.54. The molecule has 0 aliphatic heterocycles. The number of aldehydes is 1. The van der Waals surface area contributed by atoms with Crippen LogP contribution in [0.1, 0.15) is 53.3 Å². The molecule has 0 amide bonds. The van der Waals surface area contributed by atoms with Gasteiger partial charge in [0, 0.05) is 24.9 Å². The second-order valence-electron chi connectivity index (χ2n) is 8.37. The van der Waals surface area contributed by atoms with E-state index in [1.807, 2.05) is 19.1 Å². The van der Waals surface area contributed by atoms with Crippen LogP contribution in [-0.2, 0) is 17.8 Å². The molecule has 3 atom stereocenters. The molecule has 7 nitrogen and oxygen atoms in total. The fraction of sp³-hybridized carbons (Fsp3) is 0.550. The van der Waals surface area contributed by atoms with Crippen LogP contribution in [0.15, 0.2) is 23.2 Å². The van der Waals surface area contributed by atoms with Crippen LogP contribution in [0.3, 0.4) is 0 Å². The molecule has 2 aromatic heterocycles. The van der Waals surface area contributed by atoms with Crippen LogP contribution in [0, 0.1) is 18.8 Å². The van der Waals surface area contributed by atoms with E-state index < -0.39 is 16.4 Å². The third-order valence-electron chi connectivity index (χ3n) is 6.34. The largest absolute Gasteiger partial charge is 0.389 e. The molecule has 8 heteroatoms. The standard InChI is InChI=1S/C20H26N4O3S/c1-12-3-4-16(9-22-12)28(27)11-20(26)7-14-5-13(6-15(14)8-20)18-17(10-25)19(21)24(2)23-18/h3-4,9-10,13-15,26H,5-8,11,21H2,1-2H3. The number of aryl methyl sites for hydroxylation is 2. The highest BCUT2D eigenvalue weighted by atomic mass is 32.2. The van der Waals surface area contributed by atoms with Gasteiger partial charge in [-0.1, -0.05) is 0 Å². The van der Waals surface area contributed by atoms with Gasteiger partial charge in [-0.2, -0.15) is 5.10 Å². The van der Waals surface area contributed by atoms with E-state index in [0.29, 0.717) is 41.0 Å². The Morgan fingerprint density at radius 3 is 2.61 bits per heavy atom. The van der Waals surface area contributed by atoms with Crippen molar-refractivity contribution in [2.75, 3.05) is 11.5 Å². The summed E-state index contributed by atoms with van der Waals surface area (Å²) in [7, 11) is 0.476. The number of aromatic nitrogens is 3. The minimum absolute atomic E-state index is 0.190. The molecular formula is C20H26N4O3S. The molecule has 0 radical (unpaired) electrons. The minimum atomic E-state index is -1.27. The average molecular weight is 403 g/mol. The van der Waals surface area contributed by atoms with Crippen molar-refractivity contribution in [3.05, 3.63) is 35.3 Å². The Bertz CT molecular complexity index is 910. The van der Waals surface area contributed by atoms with Crippen molar-refractivity contribution in [1.82, 2.24) is 14.8 Å².